The van der Waals surface area contributed by atoms with Crippen LogP contribution in [0.4, 0.5) is 4.79 Å². The van der Waals surface area contributed by atoms with Crippen molar-refractivity contribution in [1.82, 2.24) is 5.32 Å². The summed E-state index contributed by atoms with van der Waals surface area (Å²) in [4.78, 5) is 10.4. The quantitative estimate of drug-likeness (QED) is 0.677. The number of nitrogens with one attached hydrogen (secondary N) is 1. The number of hydrogen-bond acceptors (Lipinski definition) is 1. The maximum atomic E-state index is 10.4. The molecule has 64 valence electrons. The fourth-order valence-corrected chi connectivity index (χ4v) is 1.01. The number of urea groups is 1. The van der Waals surface area contributed by atoms with Gasteiger partial charge >= 0.3 is 6.03 Å². The van der Waals surface area contributed by atoms with E-state index in [0.717, 1.165) is 5.56 Å². The lowest BCUT2D eigenvalue weighted by Crippen LogP contribution is -2.28. The minimum Gasteiger partial charge on any atom is -0.352 e. The number of primary amides is 1. The lowest BCUT2D eigenvalue weighted by atomic mass is 10.1. The predicted octanol–water partition coefficient (Wildman–Crippen LogP) is 1.16. The zero-order chi connectivity index (χ0) is 8.97. The minimum atomic E-state index is -0.489. The number of carbonyl (C=O) groups excluding carboxylic acids is 1. The van der Waals surface area contributed by atoms with Crippen LogP contribution < -0.4 is 11.1 Å². The van der Waals surface area contributed by atoms with Crippen molar-refractivity contribution in [2.45, 2.75) is 13.5 Å². The molecule has 0 saturated heterocycles. The molecular weight excluding hydrogens is 152 g/mol. The van der Waals surface area contributed by atoms with Crippen molar-refractivity contribution in [1.29, 1.82) is 0 Å². The highest BCUT2D eigenvalue weighted by Crippen LogP contribution is 2.02. The SMILES string of the molecule is Cc1cccc(CNC(N)=O)c1. The number of hydrogen-bond donors (Lipinski definition) is 2. The maximum absolute atomic E-state index is 10.4. The molecule has 2 amide bonds. The highest BCUT2D eigenvalue weighted by molar-refractivity contribution is 5.71. The van der Waals surface area contributed by atoms with Crippen LogP contribution in [0.25, 0.3) is 0 Å². The van der Waals surface area contributed by atoms with Gasteiger partial charge in [-0.3, -0.25) is 0 Å². The molecule has 3 N–H and O–H groups in total. The molecule has 0 heterocycles. The van der Waals surface area contributed by atoms with E-state index in [4.69, 9.17) is 5.73 Å². The third kappa shape index (κ3) is 2.62. The standard InChI is InChI=1S/C9H12N2O/c1-7-3-2-4-8(5-7)6-11-9(10)12/h2-5H,6H2,1H3,(H3,10,11,12). The van der Waals surface area contributed by atoms with E-state index < -0.39 is 6.03 Å². The van der Waals surface area contributed by atoms with Crippen LogP contribution in [0.5, 0.6) is 0 Å². The number of aryl methyl sites for hydroxylation is 1. The minimum absolute atomic E-state index is 0.489. The van der Waals surface area contributed by atoms with Crippen LogP contribution in [-0.2, 0) is 6.54 Å². The average Bonchev–Trinajstić information content (AvgIpc) is 2.01. The van der Waals surface area contributed by atoms with Gasteiger partial charge in [-0.2, -0.15) is 0 Å². The maximum Gasteiger partial charge on any atom is 0.312 e. The molecular formula is C9H12N2O. The van der Waals surface area contributed by atoms with Crippen molar-refractivity contribution in [2.24, 2.45) is 5.73 Å². The molecule has 0 aliphatic rings. The molecule has 3 heteroatoms. The van der Waals surface area contributed by atoms with Crippen LogP contribution in [0, 0.1) is 6.92 Å². The summed E-state index contributed by atoms with van der Waals surface area (Å²) in [5.74, 6) is 0. The van der Waals surface area contributed by atoms with E-state index in [0.29, 0.717) is 6.54 Å². The molecule has 0 radical (unpaired) electrons. The summed E-state index contributed by atoms with van der Waals surface area (Å²) in [7, 11) is 0. The molecule has 12 heavy (non-hydrogen) atoms. The van der Waals surface area contributed by atoms with Crippen molar-refractivity contribution < 1.29 is 4.79 Å². The van der Waals surface area contributed by atoms with E-state index >= 15 is 0 Å². The molecule has 0 aromatic heterocycles. The number of amides is 2. The molecule has 0 fully saturated rings. The largest absolute Gasteiger partial charge is 0.352 e. The lowest BCUT2D eigenvalue weighted by molar-refractivity contribution is 0.248. The summed E-state index contributed by atoms with van der Waals surface area (Å²) in [6.45, 7) is 2.50. The molecule has 1 aromatic rings. The Labute approximate surface area is 71.6 Å². The Morgan fingerprint density at radius 3 is 2.92 bits per heavy atom. The highest BCUT2D eigenvalue weighted by Gasteiger charge is 1.93. The van der Waals surface area contributed by atoms with Gasteiger partial charge in [-0.1, -0.05) is 29.8 Å². The van der Waals surface area contributed by atoms with Gasteiger partial charge in [-0.05, 0) is 12.5 Å². The molecule has 1 aromatic carbocycles. The first-order valence-corrected chi connectivity index (χ1v) is 3.77. The Hall–Kier alpha value is -1.51. The summed E-state index contributed by atoms with van der Waals surface area (Å²) < 4.78 is 0. The van der Waals surface area contributed by atoms with E-state index in [-0.39, 0.29) is 0 Å². The second-order valence-corrected chi connectivity index (χ2v) is 2.71. The van der Waals surface area contributed by atoms with Gasteiger partial charge < -0.3 is 11.1 Å². The van der Waals surface area contributed by atoms with Gasteiger partial charge in [0.05, 0.1) is 0 Å². The molecule has 0 spiro atoms. The summed E-state index contributed by atoms with van der Waals surface area (Å²) in [6, 6.07) is 7.43. The molecule has 0 unspecified atom stereocenters. The Morgan fingerprint density at radius 1 is 1.58 bits per heavy atom. The van der Waals surface area contributed by atoms with Crippen LogP contribution in [0.3, 0.4) is 0 Å². The monoisotopic (exact) mass is 164 g/mol. The van der Waals surface area contributed by atoms with Gasteiger partial charge in [0.1, 0.15) is 0 Å². The molecule has 0 bridgehead atoms. The van der Waals surface area contributed by atoms with Gasteiger partial charge in [0, 0.05) is 6.54 Å². The second-order valence-electron chi connectivity index (χ2n) is 2.71. The zero-order valence-electron chi connectivity index (χ0n) is 7.00. The first-order valence-electron chi connectivity index (χ1n) is 3.77. The summed E-state index contributed by atoms with van der Waals surface area (Å²) in [6.07, 6.45) is 0. The Morgan fingerprint density at radius 2 is 2.33 bits per heavy atom. The highest BCUT2D eigenvalue weighted by atomic mass is 16.2. The topological polar surface area (TPSA) is 55.1 Å². The third-order valence-electron chi connectivity index (χ3n) is 1.55. The van der Waals surface area contributed by atoms with E-state index in [1.54, 1.807) is 0 Å². The van der Waals surface area contributed by atoms with Gasteiger partial charge in [0.25, 0.3) is 0 Å². The first-order chi connectivity index (χ1) is 5.68. The van der Waals surface area contributed by atoms with E-state index in [9.17, 15) is 4.79 Å². The van der Waals surface area contributed by atoms with E-state index in [2.05, 4.69) is 5.32 Å². The Kier molecular flexibility index (Phi) is 2.69. The zero-order valence-corrected chi connectivity index (χ0v) is 7.00. The van der Waals surface area contributed by atoms with Crippen LogP contribution >= 0.6 is 0 Å². The number of benzene rings is 1. The predicted molar refractivity (Wildman–Crippen MR) is 47.6 cm³/mol. The van der Waals surface area contributed by atoms with Crippen molar-refractivity contribution in [3.8, 4) is 0 Å². The van der Waals surface area contributed by atoms with Crippen molar-refractivity contribution >= 4 is 6.03 Å². The van der Waals surface area contributed by atoms with Crippen LogP contribution in [0.15, 0.2) is 24.3 Å². The van der Waals surface area contributed by atoms with Gasteiger partial charge in [-0.25, -0.2) is 4.79 Å². The molecule has 0 aliphatic carbocycles. The molecule has 0 aliphatic heterocycles. The fraction of sp³-hybridized carbons (Fsp3) is 0.222. The molecule has 0 atom stereocenters. The van der Waals surface area contributed by atoms with Gasteiger partial charge in [0.2, 0.25) is 0 Å². The second kappa shape index (κ2) is 3.76. The summed E-state index contributed by atoms with van der Waals surface area (Å²) in [5.41, 5.74) is 7.17. The third-order valence-corrected chi connectivity index (χ3v) is 1.55. The molecule has 0 saturated carbocycles. The van der Waals surface area contributed by atoms with E-state index in [1.165, 1.54) is 5.56 Å². The summed E-state index contributed by atoms with van der Waals surface area (Å²) in [5, 5.41) is 2.53. The first kappa shape index (κ1) is 8.59. The van der Waals surface area contributed by atoms with Gasteiger partial charge in [-0.15, -0.1) is 0 Å². The summed E-state index contributed by atoms with van der Waals surface area (Å²) >= 11 is 0. The van der Waals surface area contributed by atoms with E-state index in [1.807, 2.05) is 31.2 Å². The number of carbonyl (C=O) groups is 1. The van der Waals surface area contributed by atoms with Crippen molar-refractivity contribution in [3.63, 3.8) is 0 Å². The van der Waals surface area contributed by atoms with Crippen molar-refractivity contribution in [2.75, 3.05) is 0 Å². The number of nitrogens with two attached hydrogens (primary N) is 1. The van der Waals surface area contributed by atoms with Crippen LogP contribution in [0.2, 0.25) is 0 Å². The Balaban J connectivity index is 2.57. The lowest BCUT2D eigenvalue weighted by Gasteiger charge is -2.02. The fourth-order valence-electron chi connectivity index (χ4n) is 1.01. The van der Waals surface area contributed by atoms with Crippen LogP contribution in [0.1, 0.15) is 11.1 Å². The van der Waals surface area contributed by atoms with Crippen molar-refractivity contribution in [3.05, 3.63) is 35.4 Å². The molecule has 3 nitrogen and oxygen atoms in total. The van der Waals surface area contributed by atoms with Crippen LogP contribution in [-0.4, -0.2) is 6.03 Å². The van der Waals surface area contributed by atoms with Gasteiger partial charge in [0.15, 0.2) is 0 Å². The molecule has 1 rings (SSSR count). The average molecular weight is 164 g/mol. The Bertz CT molecular complexity index is 284. The smallest absolute Gasteiger partial charge is 0.312 e. The number of rotatable bonds is 2. The normalized spacial score (nSPS) is 9.42.